The van der Waals surface area contributed by atoms with Gasteiger partial charge in [-0.15, -0.1) is 0 Å². The van der Waals surface area contributed by atoms with Crippen molar-refractivity contribution in [2.24, 2.45) is 5.16 Å². The minimum absolute atomic E-state index is 0.298. The molecule has 0 aromatic heterocycles. The van der Waals surface area contributed by atoms with Gasteiger partial charge in [0.15, 0.2) is 6.17 Å². The summed E-state index contributed by atoms with van der Waals surface area (Å²) >= 11 is 3.51. The number of ether oxygens (including phenoxy) is 2. The topological polar surface area (TPSA) is 40.0 Å². The van der Waals surface area contributed by atoms with Crippen molar-refractivity contribution >= 4 is 22.1 Å². The van der Waals surface area contributed by atoms with Crippen LogP contribution in [0.15, 0.2) is 53.7 Å². The van der Waals surface area contributed by atoms with E-state index in [0.717, 1.165) is 17.3 Å². The number of benzene rings is 2. The summed E-state index contributed by atoms with van der Waals surface area (Å²) in [5.74, 6) is 0. The Hall–Kier alpha value is -1.76. The number of nitrogens with zero attached hydrogens (tertiary/aromatic N) is 1. The highest BCUT2D eigenvalue weighted by Crippen LogP contribution is 2.19. The van der Waals surface area contributed by atoms with Crippen molar-refractivity contribution in [3.8, 4) is 0 Å². The van der Waals surface area contributed by atoms with E-state index in [-0.39, 0.29) is 4.83 Å². The molecule has 2 aromatic carbocycles. The van der Waals surface area contributed by atoms with Gasteiger partial charge in [-0.25, -0.2) is 4.39 Å². The van der Waals surface area contributed by atoms with E-state index in [1.807, 2.05) is 62.4 Å². The lowest BCUT2D eigenvalue weighted by molar-refractivity contribution is -0.0104. The third-order valence-corrected chi connectivity index (χ3v) is 4.99. The number of hydrogen-bond donors (Lipinski definition) is 0. The van der Waals surface area contributed by atoms with Crippen molar-refractivity contribution in [3.05, 3.63) is 70.8 Å². The number of hydrogen-bond acceptors (Lipinski definition) is 4. The molecule has 0 radical (unpaired) electrons. The highest BCUT2D eigenvalue weighted by molar-refractivity contribution is 9.09. The van der Waals surface area contributed by atoms with Crippen molar-refractivity contribution in [3.63, 3.8) is 0 Å². The second-order valence-electron chi connectivity index (χ2n) is 6.66. The molecule has 0 N–H and O–H groups in total. The van der Waals surface area contributed by atoms with Crippen LogP contribution in [0.2, 0.25) is 0 Å². The first-order chi connectivity index (χ1) is 13.5. The SMILES string of the molecule is CO/N=C\[C@@H](F)[C@H](OCc1ccc(C)cc1)[C@@H](Br)COCc1ccc(C)cc1. The van der Waals surface area contributed by atoms with Gasteiger partial charge in [0.05, 0.1) is 30.9 Å². The maximum atomic E-state index is 14.6. The molecule has 0 aliphatic carbocycles. The summed E-state index contributed by atoms with van der Waals surface area (Å²) in [7, 11) is 1.38. The Balaban J connectivity index is 1.93. The minimum atomic E-state index is -1.43. The summed E-state index contributed by atoms with van der Waals surface area (Å²) in [6.07, 6.45) is -1.09. The van der Waals surface area contributed by atoms with Crippen LogP contribution in [0.3, 0.4) is 0 Å². The fourth-order valence-electron chi connectivity index (χ4n) is 2.54. The lowest BCUT2D eigenvalue weighted by Gasteiger charge is -2.24. The van der Waals surface area contributed by atoms with E-state index in [2.05, 4.69) is 25.9 Å². The molecule has 0 fully saturated rings. The Morgan fingerprint density at radius 3 is 2.04 bits per heavy atom. The third kappa shape index (κ3) is 7.70. The standard InChI is InChI=1S/C22H27BrFNO3/c1-16-4-8-18(9-5-16)13-27-15-20(23)22(21(24)12-25-26-3)28-14-19-10-6-17(2)7-11-19/h4-12,20-22H,13-15H2,1-3H3/b25-12-/t20-,21+,22+/m0/s1. The van der Waals surface area contributed by atoms with Crippen LogP contribution in [0.25, 0.3) is 0 Å². The second kappa shape index (κ2) is 11.9. The van der Waals surface area contributed by atoms with Gasteiger partial charge in [0.2, 0.25) is 0 Å². The van der Waals surface area contributed by atoms with Crippen LogP contribution in [0.4, 0.5) is 4.39 Å². The summed E-state index contributed by atoms with van der Waals surface area (Å²) in [4.78, 5) is 4.25. The number of alkyl halides is 2. The predicted molar refractivity (Wildman–Crippen MR) is 114 cm³/mol. The van der Waals surface area contributed by atoms with E-state index in [0.29, 0.717) is 19.8 Å². The Morgan fingerprint density at radius 1 is 0.964 bits per heavy atom. The van der Waals surface area contributed by atoms with Crippen molar-refractivity contribution in [2.75, 3.05) is 13.7 Å². The molecule has 0 saturated carbocycles. The summed E-state index contributed by atoms with van der Waals surface area (Å²) in [5, 5.41) is 3.54. The zero-order valence-corrected chi connectivity index (χ0v) is 18.1. The first kappa shape index (κ1) is 22.5. The molecule has 0 saturated heterocycles. The zero-order chi connectivity index (χ0) is 20.4. The summed E-state index contributed by atoms with van der Waals surface area (Å²) < 4.78 is 26.2. The zero-order valence-electron chi connectivity index (χ0n) is 16.5. The summed E-state index contributed by atoms with van der Waals surface area (Å²) in [5.41, 5.74) is 4.41. The van der Waals surface area contributed by atoms with Crippen molar-refractivity contribution < 1.29 is 18.7 Å². The molecule has 0 unspecified atom stereocenters. The van der Waals surface area contributed by atoms with Gasteiger partial charge in [0.1, 0.15) is 13.2 Å². The van der Waals surface area contributed by atoms with Gasteiger partial charge in [-0.3, -0.25) is 0 Å². The van der Waals surface area contributed by atoms with Crippen molar-refractivity contribution in [1.82, 2.24) is 0 Å². The molecular formula is C22H27BrFNO3. The molecule has 0 bridgehead atoms. The normalized spacial score (nSPS) is 14.8. The van der Waals surface area contributed by atoms with Gasteiger partial charge < -0.3 is 14.3 Å². The maximum Gasteiger partial charge on any atom is 0.166 e. The summed E-state index contributed by atoms with van der Waals surface area (Å²) in [6, 6.07) is 16.1. The first-order valence-corrected chi connectivity index (χ1v) is 10.1. The third-order valence-electron chi connectivity index (χ3n) is 4.21. The Labute approximate surface area is 174 Å². The molecule has 0 heterocycles. The molecule has 28 heavy (non-hydrogen) atoms. The first-order valence-electron chi connectivity index (χ1n) is 9.15. The van der Waals surface area contributed by atoms with Gasteiger partial charge in [0, 0.05) is 0 Å². The smallest absolute Gasteiger partial charge is 0.166 e. The minimum Gasteiger partial charge on any atom is -0.399 e. The average Bonchev–Trinajstić information content (AvgIpc) is 2.69. The van der Waals surface area contributed by atoms with Crippen molar-refractivity contribution in [1.29, 1.82) is 0 Å². The fourth-order valence-corrected chi connectivity index (χ4v) is 3.18. The molecule has 2 aromatic rings. The van der Waals surface area contributed by atoms with Crippen LogP contribution < -0.4 is 0 Å². The molecular weight excluding hydrogens is 425 g/mol. The van der Waals surface area contributed by atoms with Gasteiger partial charge >= 0.3 is 0 Å². The highest BCUT2D eigenvalue weighted by atomic mass is 79.9. The van der Waals surface area contributed by atoms with E-state index in [1.165, 1.54) is 18.2 Å². The van der Waals surface area contributed by atoms with Crippen LogP contribution in [-0.2, 0) is 27.5 Å². The van der Waals surface area contributed by atoms with Gasteiger partial charge in [-0.05, 0) is 25.0 Å². The molecule has 4 nitrogen and oxygen atoms in total. The number of aryl methyl sites for hydroxylation is 2. The highest BCUT2D eigenvalue weighted by Gasteiger charge is 2.28. The van der Waals surface area contributed by atoms with Crippen LogP contribution in [0, 0.1) is 13.8 Å². The number of halogens is 2. The average molecular weight is 452 g/mol. The molecule has 0 aliphatic heterocycles. The van der Waals surface area contributed by atoms with E-state index in [9.17, 15) is 4.39 Å². The monoisotopic (exact) mass is 451 g/mol. The molecule has 152 valence electrons. The predicted octanol–water partition coefficient (Wildman–Crippen LogP) is 5.14. The maximum absolute atomic E-state index is 14.6. The second-order valence-corrected chi connectivity index (χ2v) is 7.84. The molecule has 2 rings (SSSR count). The number of oxime groups is 1. The molecule has 3 atom stereocenters. The van der Waals surface area contributed by atoms with Crippen LogP contribution in [0.1, 0.15) is 22.3 Å². The van der Waals surface area contributed by atoms with E-state index in [4.69, 9.17) is 9.47 Å². The lowest BCUT2D eigenvalue weighted by atomic mass is 10.1. The van der Waals surface area contributed by atoms with Crippen LogP contribution >= 0.6 is 15.9 Å². The molecule has 0 aliphatic rings. The van der Waals surface area contributed by atoms with E-state index < -0.39 is 12.3 Å². The fraction of sp³-hybridized carbons (Fsp3) is 0.409. The van der Waals surface area contributed by atoms with Gasteiger partial charge in [-0.2, -0.15) is 0 Å². The largest absolute Gasteiger partial charge is 0.399 e. The number of rotatable bonds is 11. The summed E-state index contributed by atoms with van der Waals surface area (Å²) in [6.45, 7) is 5.11. The lowest BCUT2D eigenvalue weighted by Crippen LogP contribution is -2.37. The van der Waals surface area contributed by atoms with Gasteiger partial charge in [0.25, 0.3) is 0 Å². The molecule has 6 heteroatoms. The quantitative estimate of drug-likeness (QED) is 0.269. The van der Waals surface area contributed by atoms with Crippen molar-refractivity contribution in [2.45, 2.75) is 44.2 Å². The van der Waals surface area contributed by atoms with Crippen LogP contribution in [0.5, 0.6) is 0 Å². The Morgan fingerprint density at radius 2 is 1.50 bits per heavy atom. The van der Waals surface area contributed by atoms with Crippen LogP contribution in [-0.4, -0.2) is 37.0 Å². The van der Waals surface area contributed by atoms with Gasteiger partial charge in [-0.1, -0.05) is 80.7 Å². The molecule has 0 amide bonds. The van der Waals surface area contributed by atoms with E-state index >= 15 is 0 Å². The van der Waals surface area contributed by atoms with E-state index in [1.54, 1.807) is 0 Å². The Kier molecular flexibility index (Phi) is 9.61. The Bertz CT molecular complexity index is 722. The molecule has 0 spiro atoms.